The summed E-state index contributed by atoms with van der Waals surface area (Å²) >= 11 is 0. The van der Waals surface area contributed by atoms with Crippen LogP contribution in [0.1, 0.15) is 65.8 Å². The van der Waals surface area contributed by atoms with Crippen LogP contribution in [0.4, 0.5) is 0 Å². The van der Waals surface area contributed by atoms with Gasteiger partial charge in [0.25, 0.3) is 0 Å². The molecular weight excluding hydrogens is 608 g/mol. The average molecular weight is 639 g/mol. The Balaban J connectivity index is 1.42. The lowest BCUT2D eigenvalue weighted by Gasteiger charge is -2.46. The smallest absolute Gasteiger partial charge is 0.305 e. The summed E-state index contributed by atoms with van der Waals surface area (Å²) in [6.45, 7) is 2.95. The number of aromatic hydroxyl groups is 2. The largest absolute Gasteiger partial charge is 0.508 e. The first-order valence-corrected chi connectivity index (χ1v) is 14.7. The number of phenolic OH excluding ortho intramolecular Hbond substituents is 2. The average Bonchev–Trinajstić information content (AvgIpc) is 2.95. The van der Waals surface area contributed by atoms with Crippen molar-refractivity contribution >= 4 is 40.6 Å². The third-order valence-electron chi connectivity index (χ3n) is 9.54. The number of ketones is 4. The minimum atomic E-state index is -1.85. The predicted octanol–water partition coefficient (Wildman–Crippen LogP) is 1.65. The number of carbonyl (C=O) groups excluding carboxylic acids is 4. The van der Waals surface area contributed by atoms with Crippen LogP contribution in [0, 0.1) is 17.8 Å². The highest BCUT2D eigenvalue weighted by atomic mass is 16.5. The number of Topliss-reactive ketones (excluding diaryl/α,β-unsaturated/α-hetero) is 4. The molecule has 8 unspecified atom stereocenters. The second kappa shape index (κ2) is 11.0. The molecule has 3 aliphatic carbocycles. The molecule has 0 amide bonds. The quantitative estimate of drug-likeness (QED) is 0.251. The lowest BCUT2D eigenvalue weighted by atomic mass is 9.61. The van der Waals surface area contributed by atoms with Gasteiger partial charge in [0.2, 0.25) is 0 Å². The zero-order valence-corrected chi connectivity index (χ0v) is 24.6. The molecule has 14 heteroatoms. The van der Waals surface area contributed by atoms with Crippen LogP contribution in [0.25, 0.3) is 5.57 Å². The lowest BCUT2D eigenvalue weighted by Crippen LogP contribution is -2.56. The van der Waals surface area contributed by atoms with Crippen LogP contribution in [-0.4, -0.2) is 96.2 Å². The van der Waals surface area contributed by atoms with Gasteiger partial charge in [-0.1, -0.05) is 0 Å². The Morgan fingerprint density at radius 1 is 0.891 bits per heavy atom. The van der Waals surface area contributed by atoms with Crippen molar-refractivity contribution in [2.24, 2.45) is 17.8 Å². The van der Waals surface area contributed by atoms with Crippen LogP contribution < -0.4 is 0 Å². The number of benzene rings is 1. The highest BCUT2D eigenvalue weighted by molar-refractivity contribution is 6.30. The van der Waals surface area contributed by atoms with Crippen LogP contribution in [0.3, 0.4) is 0 Å². The molecule has 242 valence electrons. The number of hydrogen-bond acceptors (Lipinski definition) is 12. The van der Waals surface area contributed by atoms with Crippen molar-refractivity contribution in [2.75, 3.05) is 0 Å². The van der Waals surface area contributed by atoms with Crippen LogP contribution in [0.2, 0.25) is 0 Å². The van der Waals surface area contributed by atoms with Crippen LogP contribution >= 0.6 is 0 Å². The van der Waals surface area contributed by atoms with Gasteiger partial charge in [0, 0.05) is 29.0 Å². The van der Waals surface area contributed by atoms with Gasteiger partial charge in [-0.2, -0.15) is 0 Å². The number of fused-ring (bicyclic) bond motifs is 3. The number of carbonyl (C=O) groups is 6. The van der Waals surface area contributed by atoms with E-state index < -0.39 is 125 Å². The Bertz CT molecular complexity index is 1740. The Kier molecular flexibility index (Phi) is 7.49. The number of carboxylic acids is 2. The fourth-order valence-corrected chi connectivity index (χ4v) is 7.71. The van der Waals surface area contributed by atoms with E-state index in [2.05, 4.69) is 0 Å². The number of aliphatic carboxylic acids is 2. The molecule has 14 nitrogen and oxygen atoms in total. The first-order chi connectivity index (χ1) is 21.6. The molecule has 0 radical (unpaired) electrons. The summed E-state index contributed by atoms with van der Waals surface area (Å²) in [5.41, 5.74) is -2.39. The van der Waals surface area contributed by atoms with E-state index in [1.807, 2.05) is 0 Å². The van der Waals surface area contributed by atoms with Crippen molar-refractivity contribution in [1.29, 1.82) is 0 Å². The summed E-state index contributed by atoms with van der Waals surface area (Å²) in [5, 5.41) is 63.3. The number of rotatable bonds is 5. The molecule has 1 saturated carbocycles. The summed E-state index contributed by atoms with van der Waals surface area (Å²) in [6, 6.07) is 0.899. The van der Waals surface area contributed by atoms with Crippen molar-refractivity contribution < 1.29 is 68.9 Å². The molecule has 6 N–H and O–H groups in total. The predicted molar refractivity (Wildman–Crippen MR) is 152 cm³/mol. The number of carboxylic acid groups (broad SMARTS) is 2. The summed E-state index contributed by atoms with van der Waals surface area (Å²) in [5.74, 6) is -11.3. The van der Waals surface area contributed by atoms with Crippen molar-refractivity contribution in [2.45, 2.75) is 70.1 Å². The summed E-state index contributed by atoms with van der Waals surface area (Å²) in [4.78, 5) is 77.2. The maximum atomic E-state index is 13.8. The van der Waals surface area contributed by atoms with Crippen LogP contribution in [0.5, 0.6) is 11.5 Å². The summed E-state index contributed by atoms with van der Waals surface area (Å²) in [7, 11) is 0. The SMILES string of the molecule is CC1OC(CC(=O)O)CC2=C1C(=O)c1c(O)c(C3=CC(O)=C4C(=O)C5CC(CC(=O)O)OC(C)C5C(=O)C4C3O)cc(O)c1C2=O. The molecule has 2 aliphatic heterocycles. The van der Waals surface area contributed by atoms with Gasteiger partial charge in [-0.25, -0.2) is 0 Å². The van der Waals surface area contributed by atoms with Gasteiger partial charge < -0.3 is 40.1 Å². The van der Waals surface area contributed by atoms with Gasteiger partial charge in [-0.05, 0) is 38.0 Å². The molecule has 0 spiro atoms. The summed E-state index contributed by atoms with van der Waals surface area (Å²) < 4.78 is 11.4. The van der Waals surface area contributed by atoms with Gasteiger partial charge in [-0.3, -0.25) is 28.8 Å². The monoisotopic (exact) mass is 638 g/mol. The van der Waals surface area contributed by atoms with Crippen molar-refractivity contribution in [1.82, 2.24) is 0 Å². The zero-order chi connectivity index (χ0) is 33.5. The third-order valence-corrected chi connectivity index (χ3v) is 9.54. The van der Waals surface area contributed by atoms with E-state index in [4.69, 9.17) is 9.47 Å². The lowest BCUT2D eigenvalue weighted by molar-refractivity contribution is -0.165. The Labute approximate surface area is 260 Å². The topological polar surface area (TPSA) is 242 Å². The van der Waals surface area contributed by atoms with Gasteiger partial charge in [0.15, 0.2) is 17.3 Å². The van der Waals surface area contributed by atoms with Gasteiger partial charge in [0.05, 0.1) is 71.9 Å². The number of aliphatic hydroxyl groups is 2. The van der Waals surface area contributed by atoms with Crippen molar-refractivity contribution in [3.63, 3.8) is 0 Å². The highest BCUT2D eigenvalue weighted by Crippen LogP contribution is 2.51. The molecule has 2 fully saturated rings. The first-order valence-electron chi connectivity index (χ1n) is 14.7. The first kappa shape index (κ1) is 31.3. The molecule has 5 aliphatic rings. The normalized spacial score (nSPS) is 32.4. The van der Waals surface area contributed by atoms with E-state index in [9.17, 15) is 59.4 Å². The molecule has 2 heterocycles. The molecule has 1 aromatic carbocycles. The maximum Gasteiger partial charge on any atom is 0.305 e. The third kappa shape index (κ3) is 4.66. The second-order valence-corrected chi connectivity index (χ2v) is 12.3. The molecule has 0 aromatic heterocycles. The van der Waals surface area contributed by atoms with E-state index in [0.717, 1.165) is 12.1 Å². The van der Waals surface area contributed by atoms with E-state index in [1.165, 1.54) is 13.8 Å². The standard InChI is InChI=1S/C32H30O14/c1-9-21-15(3-11(45-9)5-19(35)36)29(41)23-17(33)7-13(27(39)25(23)31(21)43)14-8-18(34)24-26(28(14)40)32(44)22-10(2)46-12(6-20(37)38)4-16(22)30(24)42/h7-12,15,21,25,27,33-34,39-40H,3-6H2,1-2H3,(H,35,36)(H,37,38). The van der Waals surface area contributed by atoms with E-state index in [0.29, 0.717) is 0 Å². The van der Waals surface area contributed by atoms with Crippen LogP contribution in [0.15, 0.2) is 34.6 Å². The highest BCUT2D eigenvalue weighted by Gasteiger charge is 2.56. The number of aliphatic hydroxyl groups excluding tert-OH is 2. The van der Waals surface area contributed by atoms with Crippen molar-refractivity contribution in [3.8, 4) is 11.5 Å². The number of hydrogen-bond donors (Lipinski definition) is 6. The Morgan fingerprint density at radius 2 is 1.54 bits per heavy atom. The maximum absolute atomic E-state index is 13.8. The molecule has 1 saturated heterocycles. The minimum absolute atomic E-state index is 0.0534. The Morgan fingerprint density at radius 3 is 2.20 bits per heavy atom. The van der Waals surface area contributed by atoms with Gasteiger partial charge in [0.1, 0.15) is 23.0 Å². The molecular formula is C32H30O14. The minimum Gasteiger partial charge on any atom is -0.508 e. The number of phenols is 2. The van der Waals surface area contributed by atoms with Crippen molar-refractivity contribution in [3.05, 3.63) is 51.3 Å². The zero-order valence-electron chi connectivity index (χ0n) is 24.6. The van der Waals surface area contributed by atoms with E-state index in [-0.39, 0.29) is 40.7 Å². The van der Waals surface area contributed by atoms with Gasteiger partial charge in [-0.15, -0.1) is 0 Å². The molecule has 46 heavy (non-hydrogen) atoms. The second-order valence-electron chi connectivity index (χ2n) is 12.3. The molecule has 1 aromatic rings. The fourth-order valence-electron chi connectivity index (χ4n) is 7.71. The van der Waals surface area contributed by atoms with E-state index >= 15 is 0 Å². The van der Waals surface area contributed by atoms with E-state index in [1.54, 1.807) is 0 Å². The summed E-state index contributed by atoms with van der Waals surface area (Å²) in [6.07, 6.45) is -5.76. The Hall–Kier alpha value is -4.66. The van der Waals surface area contributed by atoms with Gasteiger partial charge >= 0.3 is 11.9 Å². The number of ether oxygens (including phenoxy) is 2. The van der Waals surface area contributed by atoms with Crippen LogP contribution in [-0.2, 0) is 28.7 Å². The molecule has 6 rings (SSSR count). The fraction of sp³-hybridized carbons (Fsp3) is 0.438. The molecule has 8 atom stereocenters. The number of allylic oxidation sites excluding steroid dienone is 1. The molecule has 0 bridgehead atoms.